The molecule has 2 aromatic heterocycles. The Bertz CT molecular complexity index is 903. The molecule has 3 heterocycles. The maximum atomic E-state index is 12.7. The number of pyridine rings is 1. The standard InChI is InChI=1S/C17H21N5O4S/c1-21(2)27(25,26)11-14-9-22(10-15(14)23)17(24)13-7-19-16(20-8-13)12-3-5-18-6-4-12/h3-8,14-15,23H,9-11H2,1-2H3/t14-,15+/m0/s1. The van der Waals surface area contributed by atoms with Gasteiger partial charge in [-0.3, -0.25) is 9.78 Å². The van der Waals surface area contributed by atoms with Gasteiger partial charge in [-0.15, -0.1) is 0 Å². The van der Waals surface area contributed by atoms with E-state index in [4.69, 9.17) is 0 Å². The number of sulfonamides is 1. The average molecular weight is 391 g/mol. The van der Waals surface area contributed by atoms with Crippen LogP contribution in [0.5, 0.6) is 0 Å². The van der Waals surface area contributed by atoms with Gasteiger partial charge in [-0.2, -0.15) is 0 Å². The topological polar surface area (TPSA) is 117 Å². The number of rotatable bonds is 5. The fraction of sp³-hybridized carbons (Fsp3) is 0.412. The first-order valence-electron chi connectivity index (χ1n) is 8.38. The molecule has 2 aromatic rings. The largest absolute Gasteiger partial charge is 0.391 e. The zero-order chi connectivity index (χ0) is 19.6. The number of β-amino-alcohol motifs (C(OH)–C–C–N with tert-alkyl or cyclic N) is 1. The summed E-state index contributed by atoms with van der Waals surface area (Å²) in [6.07, 6.45) is 5.24. The molecule has 0 aromatic carbocycles. The van der Waals surface area contributed by atoms with E-state index >= 15 is 0 Å². The van der Waals surface area contributed by atoms with Crippen LogP contribution in [0.2, 0.25) is 0 Å². The van der Waals surface area contributed by atoms with Crippen LogP contribution in [-0.2, 0) is 10.0 Å². The fourth-order valence-corrected chi connectivity index (χ4v) is 4.04. The van der Waals surface area contributed by atoms with Gasteiger partial charge in [0.2, 0.25) is 10.0 Å². The van der Waals surface area contributed by atoms with E-state index in [-0.39, 0.29) is 30.3 Å². The number of carbonyl (C=O) groups is 1. The summed E-state index contributed by atoms with van der Waals surface area (Å²) >= 11 is 0. The van der Waals surface area contributed by atoms with Crippen molar-refractivity contribution in [3.63, 3.8) is 0 Å². The van der Waals surface area contributed by atoms with Gasteiger partial charge in [0, 0.05) is 63.5 Å². The molecule has 0 bridgehead atoms. The van der Waals surface area contributed by atoms with Crippen LogP contribution in [0, 0.1) is 5.92 Å². The number of carbonyl (C=O) groups excluding carboxylic acids is 1. The molecule has 1 amide bonds. The van der Waals surface area contributed by atoms with Crippen molar-refractivity contribution >= 4 is 15.9 Å². The summed E-state index contributed by atoms with van der Waals surface area (Å²) in [6.45, 7) is 0.248. The number of aliphatic hydroxyl groups is 1. The van der Waals surface area contributed by atoms with Gasteiger partial charge in [-0.05, 0) is 12.1 Å². The third-order valence-corrected chi connectivity index (χ3v) is 6.47. The van der Waals surface area contributed by atoms with E-state index in [9.17, 15) is 18.3 Å². The van der Waals surface area contributed by atoms with Crippen LogP contribution in [0.25, 0.3) is 11.4 Å². The van der Waals surface area contributed by atoms with E-state index in [0.717, 1.165) is 9.87 Å². The van der Waals surface area contributed by atoms with E-state index in [1.165, 1.54) is 31.4 Å². The Balaban J connectivity index is 1.69. The summed E-state index contributed by atoms with van der Waals surface area (Å²) in [5, 5.41) is 10.2. The molecule has 3 rings (SSSR count). The van der Waals surface area contributed by atoms with E-state index in [1.54, 1.807) is 24.5 Å². The highest BCUT2D eigenvalue weighted by Gasteiger charge is 2.37. The first-order chi connectivity index (χ1) is 12.8. The third kappa shape index (κ3) is 4.29. The lowest BCUT2D eigenvalue weighted by molar-refractivity contribution is 0.0764. The molecular weight excluding hydrogens is 370 g/mol. The zero-order valence-electron chi connectivity index (χ0n) is 15.1. The number of nitrogens with zero attached hydrogens (tertiary/aromatic N) is 5. The van der Waals surface area contributed by atoms with Crippen molar-refractivity contribution in [2.45, 2.75) is 6.10 Å². The summed E-state index contributed by atoms with van der Waals surface area (Å²) in [7, 11) is -0.568. The summed E-state index contributed by atoms with van der Waals surface area (Å²) in [5.41, 5.74) is 1.07. The van der Waals surface area contributed by atoms with E-state index in [0.29, 0.717) is 5.82 Å². The van der Waals surface area contributed by atoms with E-state index < -0.39 is 22.0 Å². The molecule has 10 heteroatoms. The molecule has 0 radical (unpaired) electrons. The fourth-order valence-electron chi connectivity index (χ4n) is 2.87. The lowest BCUT2D eigenvalue weighted by atomic mass is 10.1. The maximum absolute atomic E-state index is 12.7. The van der Waals surface area contributed by atoms with Gasteiger partial charge in [0.15, 0.2) is 5.82 Å². The minimum Gasteiger partial charge on any atom is -0.391 e. The predicted octanol–water partition coefficient (Wildman–Crippen LogP) is -0.137. The van der Waals surface area contributed by atoms with Crippen LogP contribution in [0.3, 0.4) is 0 Å². The Hall–Kier alpha value is -2.43. The maximum Gasteiger partial charge on any atom is 0.257 e. The van der Waals surface area contributed by atoms with Gasteiger partial charge in [-0.1, -0.05) is 0 Å². The lowest BCUT2D eigenvalue weighted by Crippen LogP contribution is -2.33. The number of hydrogen-bond acceptors (Lipinski definition) is 7. The highest BCUT2D eigenvalue weighted by atomic mass is 32.2. The van der Waals surface area contributed by atoms with Gasteiger partial charge in [0.1, 0.15) is 0 Å². The van der Waals surface area contributed by atoms with Crippen molar-refractivity contribution in [1.29, 1.82) is 0 Å². The molecule has 0 aliphatic carbocycles. The normalized spacial score (nSPS) is 20.2. The second kappa shape index (κ2) is 7.67. The van der Waals surface area contributed by atoms with Crippen molar-refractivity contribution in [2.24, 2.45) is 5.92 Å². The van der Waals surface area contributed by atoms with Gasteiger partial charge < -0.3 is 10.0 Å². The van der Waals surface area contributed by atoms with Crippen molar-refractivity contribution in [3.05, 3.63) is 42.5 Å². The van der Waals surface area contributed by atoms with Crippen LogP contribution in [0.4, 0.5) is 0 Å². The molecule has 0 spiro atoms. The van der Waals surface area contributed by atoms with Crippen molar-refractivity contribution in [3.8, 4) is 11.4 Å². The Morgan fingerprint density at radius 1 is 1.22 bits per heavy atom. The molecule has 2 atom stereocenters. The number of amides is 1. The molecule has 1 fully saturated rings. The lowest BCUT2D eigenvalue weighted by Gasteiger charge is -2.18. The molecule has 27 heavy (non-hydrogen) atoms. The monoisotopic (exact) mass is 391 g/mol. The molecular formula is C17H21N5O4S. The highest BCUT2D eigenvalue weighted by Crippen LogP contribution is 2.22. The van der Waals surface area contributed by atoms with Crippen LogP contribution >= 0.6 is 0 Å². The highest BCUT2D eigenvalue weighted by molar-refractivity contribution is 7.89. The molecule has 144 valence electrons. The Morgan fingerprint density at radius 3 is 2.44 bits per heavy atom. The third-order valence-electron chi connectivity index (χ3n) is 4.51. The van der Waals surface area contributed by atoms with Gasteiger partial charge in [0.05, 0.1) is 17.4 Å². The number of likely N-dealkylation sites (tertiary alicyclic amines) is 1. The Labute approximate surface area is 157 Å². The first-order valence-corrected chi connectivity index (χ1v) is 9.99. The van der Waals surface area contributed by atoms with Crippen molar-refractivity contribution in [2.75, 3.05) is 32.9 Å². The number of hydrogen-bond donors (Lipinski definition) is 1. The van der Waals surface area contributed by atoms with Crippen LogP contribution in [0.1, 0.15) is 10.4 Å². The first kappa shape index (κ1) is 19.3. The minimum absolute atomic E-state index is 0.0819. The minimum atomic E-state index is -3.46. The summed E-state index contributed by atoms with van der Waals surface area (Å²) < 4.78 is 25.2. The van der Waals surface area contributed by atoms with Crippen LogP contribution in [0.15, 0.2) is 36.9 Å². The van der Waals surface area contributed by atoms with Gasteiger partial charge in [-0.25, -0.2) is 22.7 Å². The molecule has 9 nitrogen and oxygen atoms in total. The predicted molar refractivity (Wildman–Crippen MR) is 98.1 cm³/mol. The van der Waals surface area contributed by atoms with E-state index in [2.05, 4.69) is 15.0 Å². The molecule has 1 saturated heterocycles. The van der Waals surface area contributed by atoms with Crippen molar-refractivity contribution < 1.29 is 18.3 Å². The summed E-state index contributed by atoms with van der Waals surface area (Å²) in [5.74, 6) is -0.591. The second-order valence-electron chi connectivity index (χ2n) is 6.63. The van der Waals surface area contributed by atoms with Crippen molar-refractivity contribution in [1.82, 2.24) is 24.2 Å². The Kier molecular flexibility index (Phi) is 5.49. The smallest absolute Gasteiger partial charge is 0.257 e. The van der Waals surface area contributed by atoms with Gasteiger partial charge in [0.25, 0.3) is 5.91 Å². The van der Waals surface area contributed by atoms with Crippen LogP contribution < -0.4 is 0 Å². The van der Waals surface area contributed by atoms with E-state index in [1.807, 2.05) is 0 Å². The van der Waals surface area contributed by atoms with Gasteiger partial charge >= 0.3 is 0 Å². The average Bonchev–Trinajstić information content (AvgIpc) is 3.02. The molecule has 0 unspecified atom stereocenters. The molecule has 1 aliphatic heterocycles. The second-order valence-corrected chi connectivity index (χ2v) is 8.86. The summed E-state index contributed by atoms with van der Waals surface area (Å²) in [6, 6.07) is 3.53. The number of aliphatic hydroxyl groups excluding tert-OH is 1. The summed E-state index contributed by atoms with van der Waals surface area (Å²) in [4.78, 5) is 26.4. The quantitative estimate of drug-likeness (QED) is 0.754. The molecule has 0 saturated carbocycles. The molecule has 1 aliphatic rings. The molecule has 1 N–H and O–H groups in total. The Morgan fingerprint density at radius 2 is 1.85 bits per heavy atom. The number of aromatic nitrogens is 3. The zero-order valence-corrected chi connectivity index (χ0v) is 15.9. The van der Waals surface area contributed by atoms with Crippen LogP contribution in [-0.4, -0.2) is 82.6 Å². The SMILES string of the molecule is CN(C)S(=O)(=O)C[C@@H]1CN(C(=O)c2cnc(-c3ccncc3)nc2)C[C@H]1O.